The number of nitrogens with zero attached hydrogens (tertiary/aromatic N) is 4. The van der Waals surface area contributed by atoms with E-state index in [0.29, 0.717) is 23.4 Å². The fourth-order valence-corrected chi connectivity index (χ4v) is 4.00. The van der Waals surface area contributed by atoms with Gasteiger partial charge in [-0.2, -0.15) is 0 Å². The van der Waals surface area contributed by atoms with E-state index in [1.54, 1.807) is 18.3 Å². The number of ether oxygens (including phenoxy) is 2. The molecular formula is C22H26ClN5O3. The minimum absolute atomic E-state index is 0.0298. The maximum atomic E-state index is 11.1. The van der Waals surface area contributed by atoms with Crippen LogP contribution in [-0.4, -0.2) is 44.2 Å². The number of pyridine rings is 1. The standard InChI is InChI=1S/C22H26ClN5O3/c1-14(27-15(2)29)11-30-19-7-16(8-19)10-28-6-4-20-21(28)25-13-26-22(20)31-12-18-9-17(23)3-5-24-18/h3-6,9,13-14,16,19H,7-8,10-12H2,1-2H3,(H,27,29)/t14-,16?,19?/m0/s1. The summed E-state index contributed by atoms with van der Waals surface area (Å²) in [4.78, 5) is 24.1. The highest BCUT2D eigenvalue weighted by Crippen LogP contribution is 2.33. The van der Waals surface area contributed by atoms with Gasteiger partial charge in [0.25, 0.3) is 0 Å². The Balaban J connectivity index is 1.31. The molecular weight excluding hydrogens is 418 g/mol. The molecule has 0 aromatic carbocycles. The molecule has 1 aliphatic carbocycles. The molecule has 3 heterocycles. The Hall–Kier alpha value is -2.71. The molecule has 9 heteroatoms. The van der Waals surface area contributed by atoms with Crippen molar-refractivity contribution in [2.45, 2.75) is 52.0 Å². The van der Waals surface area contributed by atoms with Crippen molar-refractivity contribution in [1.29, 1.82) is 0 Å². The zero-order valence-electron chi connectivity index (χ0n) is 17.6. The third kappa shape index (κ3) is 5.51. The van der Waals surface area contributed by atoms with Crippen molar-refractivity contribution in [2.75, 3.05) is 6.61 Å². The largest absolute Gasteiger partial charge is 0.471 e. The average molecular weight is 444 g/mol. The molecule has 4 rings (SSSR count). The van der Waals surface area contributed by atoms with Crippen LogP contribution in [0.1, 0.15) is 32.4 Å². The van der Waals surface area contributed by atoms with Crippen LogP contribution in [0.3, 0.4) is 0 Å². The zero-order valence-corrected chi connectivity index (χ0v) is 18.4. The monoisotopic (exact) mass is 443 g/mol. The first-order chi connectivity index (χ1) is 15.0. The second kappa shape index (κ2) is 9.62. The maximum Gasteiger partial charge on any atom is 0.226 e. The number of fused-ring (bicyclic) bond motifs is 1. The lowest BCUT2D eigenvalue weighted by molar-refractivity contribution is -0.120. The van der Waals surface area contributed by atoms with Crippen molar-refractivity contribution in [3.63, 3.8) is 0 Å². The molecule has 164 valence electrons. The summed E-state index contributed by atoms with van der Waals surface area (Å²) in [5.74, 6) is 1.04. The summed E-state index contributed by atoms with van der Waals surface area (Å²) >= 11 is 6.01. The lowest BCUT2D eigenvalue weighted by atomic mass is 9.82. The van der Waals surface area contributed by atoms with E-state index in [1.165, 1.54) is 13.3 Å². The molecule has 3 aromatic rings. The quantitative estimate of drug-likeness (QED) is 0.545. The molecule has 1 fully saturated rings. The molecule has 0 unspecified atom stereocenters. The Morgan fingerprint density at radius 2 is 2.16 bits per heavy atom. The summed E-state index contributed by atoms with van der Waals surface area (Å²) in [6, 6.07) is 5.52. The smallest absolute Gasteiger partial charge is 0.226 e. The molecule has 1 aliphatic rings. The fourth-order valence-electron chi connectivity index (χ4n) is 3.82. The number of carbonyl (C=O) groups is 1. The van der Waals surface area contributed by atoms with Crippen LogP contribution in [0.5, 0.6) is 5.88 Å². The summed E-state index contributed by atoms with van der Waals surface area (Å²) < 4.78 is 13.9. The molecule has 0 aliphatic heterocycles. The number of amides is 1. The predicted octanol–water partition coefficient (Wildman–Crippen LogP) is 3.38. The van der Waals surface area contributed by atoms with E-state index in [1.807, 2.05) is 19.2 Å². The fraction of sp³-hybridized carbons (Fsp3) is 0.455. The van der Waals surface area contributed by atoms with Gasteiger partial charge in [0.1, 0.15) is 18.6 Å². The van der Waals surface area contributed by atoms with Gasteiger partial charge < -0.3 is 19.4 Å². The highest BCUT2D eigenvalue weighted by Gasteiger charge is 2.30. The van der Waals surface area contributed by atoms with Crippen LogP contribution in [0.4, 0.5) is 0 Å². The van der Waals surface area contributed by atoms with Gasteiger partial charge in [0.2, 0.25) is 11.8 Å². The molecule has 0 bridgehead atoms. The number of halogens is 1. The van der Waals surface area contributed by atoms with Crippen molar-refractivity contribution >= 4 is 28.5 Å². The van der Waals surface area contributed by atoms with E-state index in [4.69, 9.17) is 21.1 Å². The third-order valence-electron chi connectivity index (χ3n) is 5.33. The Bertz CT molecular complexity index is 1050. The number of hydrogen-bond donors (Lipinski definition) is 1. The van der Waals surface area contributed by atoms with E-state index in [9.17, 15) is 4.79 Å². The van der Waals surface area contributed by atoms with Crippen LogP contribution in [0.15, 0.2) is 36.9 Å². The van der Waals surface area contributed by atoms with Gasteiger partial charge in [-0.1, -0.05) is 11.6 Å². The summed E-state index contributed by atoms with van der Waals surface area (Å²) in [6.45, 7) is 5.17. The van der Waals surface area contributed by atoms with Crippen molar-refractivity contribution in [3.8, 4) is 5.88 Å². The minimum Gasteiger partial charge on any atom is -0.471 e. The molecule has 0 saturated heterocycles. The molecule has 1 N–H and O–H groups in total. The first-order valence-corrected chi connectivity index (χ1v) is 10.8. The van der Waals surface area contributed by atoms with Gasteiger partial charge >= 0.3 is 0 Å². The molecule has 3 aromatic heterocycles. The summed E-state index contributed by atoms with van der Waals surface area (Å²) in [7, 11) is 0. The second-order valence-electron chi connectivity index (χ2n) is 8.03. The molecule has 8 nitrogen and oxygen atoms in total. The van der Waals surface area contributed by atoms with Gasteiger partial charge in [-0.05, 0) is 43.9 Å². The predicted molar refractivity (Wildman–Crippen MR) is 117 cm³/mol. The molecule has 0 radical (unpaired) electrons. The van der Waals surface area contributed by atoms with Gasteiger partial charge in [-0.25, -0.2) is 9.97 Å². The van der Waals surface area contributed by atoms with Crippen molar-refractivity contribution < 1.29 is 14.3 Å². The van der Waals surface area contributed by atoms with Gasteiger partial charge in [-0.15, -0.1) is 0 Å². The van der Waals surface area contributed by atoms with Crippen LogP contribution in [0.2, 0.25) is 5.02 Å². The number of nitrogens with one attached hydrogen (secondary N) is 1. The van der Waals surface area contributed by atoms with Crippen molar-refractivity contribution in [3.05, 3.63) is 47.6 Å². The summed E-state index contributed by atoms with van der Waals surface area (Å²) in [6.07, 6.45) is 7.46. The highest BCUT2D eigenvalue weighted by molar-refractivity contribution is 6.30. The van der Waals surface area contributed by atoms with Crippen LogP contribution in [-0.2, 0) is 22.7 Å². The number of aromatic nitrogens is 4. The van der Waals surface area contributed by atoms with Crippen LogP contribution in [0.25, 0.3) is 11.0 Å². The molecule has 1 amide bonds. The normalized spacial score (nSPS) is 19.1. The second-order valence-corrected chi connectivity index (χ2v) is 8.47. The Labute approximate surface area is 185 Å². The maximum absolute atomic E-state index is 11.1. The van der Waals surface area contributed by atoms with Crippen LogP contribution < -0.4 is 10.1 Å². The number of hydrogen-bond acceptors (Lipinski definition) is 6. The molecule has 1 saturated carbocycles. The van der Waals surface area contributed by atoms with E-state index >= 15 is 0 Å². The van der Waals surface area contributed by atoms with E-state index in [-0.39, 0.29) is 24.7 Å². The first kappa shape index (κ1) is 21.5. The average Bonchev–Trinajstić information content (AvgIpc) is 3.11. The molecule has 0 spiro atoms. The van der Waals surface area contributed by atoms with Gasteiger partial charge in [0, 0.05) is 36.9 Å². The van der Waals surface area contributed by atoms with E-state index < -0.39 is 0 Å². The Morgan fingerprint density at radius 1 is 1.32 bits per heavy atom. The lowest BCUT2D eigenvalue weighted by Crippen LogP contribution is -2.39. The van der Waals surface area contributed by atoms with Gasteiger partial charge in [0.15, 0.2) is 0 Å². The van der Waals surface area contributed by atoms with Crippen molar-refractivity contribution in [2.24, 2.45) is 5.92 Å². The van der Waals surface area contributed by atoms with E-state index in [0.717, 1.165) is 36.1 Å². The topological polar surface area (TPSA) is 91.2 Å². The van der Waals surface area contributed by atoms with Gasteiger partial charge in [-0.3, -0.25) is 9.78 Å². The number of rotatable bonds is 9. The zero-order chi connectivity index (χ0) is 21.8. The Kier molecular flexibility index (Phi) is 6.67. The first-order valence-electron chi connectivity index (χ1n) is 10.4. The molecule has 31 heavy (non-hydrogen) atoms. The summed E-state index contributed by atoms with van der Waals surface area (Å²) in [5, 5.41) is 4.34. The minimum atomic E-state index is -0.0313. The molecule has 1 atom stereocenters. The highest BCUT2D eigenvalue weighted by atomic mass is 35.5. The van der Waals surface area contributed by atoms with Crippen LogP contribution >= 0.6 is 11.6 Å². The third-order valence-corrected chi connectivity index (χ3v) is 5.57. The SMILES string of the molecule is CC(=O)N[C@@H](C)COC1CC(Cn2ccc3c(OCc4cc(Cl)ccn4)ncnc32)C1. The number of carbonyl (C=O) groups excluding carboxylic acids is 1. The Morgan fingerprint density at radius 3 is 2.94 bits per heavy atom. The van der Waals surface area contributed by atoms with Crippen LogP contribution in [0, 0.1) is 5.92 Å². The van der Waals surface area contributed by atoms with Crippen molar-refractivity contribution in [1.82, 2.24) is 24.8 Å². The van der Waals surface area contributed by atoms with E-state index in [2.05, 4.69) is 24.8 Å². The lowest BCUT2D eigenvalue weighted by Gasteiger charge is -2.36. The summed E-state index contributed by atoms with van der Waals surface area (Å²) in [5.41, 5.74) is 1.60. The van der Waals surface area contributed by atoms with Gasteiger partial charge in [0.05, 0.1) is 23.8 Å².